The van der Waals surface area contributed by atoms with E-state index in [1.807, 2.05) is 43.3 Å². The number of rotatable bonds is 6. The zero-order valence-corrected chi connectivity index (χ0v) is 18.8. The van der Waals surface area contributed by atoms with Gasteiger partial charge in [-0.1, -0.05) is 48.9 Å². The standard InChI is InChI=1S/C25H30ClN3O2/c1-2-24(30)29-22-6-4-3-5-20(22)15-23(29)25(31)27-16-18-11-13-28(14-12-18)17-19-7-9-21(26)10-8-19/h3-10,18,23H,2,11-17H2,1H3,(H,27,31)/t23-/m0/s1. The quantitative estimate of drug-likeness (QED) is 0.739. The number of carbonyl (C=O) groups is 2. The Bertz CT molecular complexity index is 923. The molecule has 4 rings (SSSR count). The van der Waals surface area contributed by atoms with Crippen LogP contribution in [0.1, 0.15) is 37.3 Å². The highest BCUT2D eigenvalue weighted by atomic mass is 35.5. The fraction of sp³-hybridized carbons (Fsp3) is 0.440. The Balaban J connectivity index is 1.27. The molecule has 0 unspecified atom stereocenters. The zero-order chi connectivity index (χ0) is 21.8. The molecule has 164 valence electrons. The first-order valence-corrected chi connectivity index (χ1v) is 11.6. The summed E-state index contributed by atoms with van der Waals surface area (Å²) in [6, 6.07) is 15.4. The molecule has 1 saturated heterocycles. The smallest absolute Gasteiger partial charge is 0.243 e. The van der Waals surface area contributed by atoms with Crippen molar-refractivity contribution in [1.82, 2.24) is 10.2 Å². The van der Waals surface area contributed by atoms with Crippen molar-refractivity contribution in [2.24, 2.45) is 5.92 Å². The topological polar surface area (TPSA) is 52.7 Å². The first-order valence-electron chi connectivity index (χ1n) is 11.2. The molecule has 2 aromatic rings. The number of para-hydroxylation sites is 1. The number of anilines is 1. The van der Waals surface area contributed by atoms with Crippen LogP contribution in [-0.2, 0) is 22.6 Å². The molecule has 0 aliphatic carbocycles. The van der Waals surface area contributed by atoms with Gasteiger partial charge in [0.05, 0.1) is 0 Å². The van der Waals surface area contributed by atoms with E-state index in [2.05, 4.69) is 22.3 Å². The lowest BCUT2D eigenvalue weighted by molar-refractivity contribution is -0.126. The van der Waals surface area contributed by atoms with Gasteiger partial charge in [0.25, 0.3) is 0 Å². The number of likely N-dealkylation sites (tertiary alicyclic amines) is 1. The molecule has 1 atom stereocenters. The van der Waals surface area contributed by atoms with Crippen LogP contribution in [0.15, 0.2) is 48.5 Å². The molecule has 0 bridgehead atoms. The molecule has 0 radical (unpaired) electrons. The van der Waals surface area contributed by atoms with Crippen LogP contribution in [0.4, 0.5) is 5.69 Å². The third-order valence-electron chi connectivity index (χ3n) is 6.44. The Kier molecular flexibility index (Phi) is 6.93. The van der Waals surface area contributed by atoms with Gasteiger partial charge in [-0.2, -0.15) is 0 Å². The van der Waals surface area contributed by atoms with Crippen molar-refractivity contribution in [3.05, 3.63) is 64.7 Å². The van der Waals surface area contributed by atoms with E-state index in [9.17, 15) is 9.59 Å². The van der Waals surface area contributed by atoms with Crippen LogP contribution in [0.25, 0.3) is 0 Å². The van der Waals surface area contributed by atoms with Crippen LogP contribution in [0.3, 0.4) is 0 Å². The molecular weight excluding hydrogens is 410 g/mol. The maximum absolute atomic E-state index is 13.0. The Morgan fingerprint density at radius 3 is 2.48 bits per heavy atom. The van der Waals surface area contributed by atoms with E-state index in [0.29, 0.717) is 25.3 Å². The monoisotopic (exact) mass is 439 g/mol. The number of nitrogens with one attached hydrogen (secondary N) is 1. The first-order chi connectivity index (χ1) is 15.0. The van der Waals surface area contributed by atoms with Gasteiger partial charge < -0.3 is 5.32 Å². The van der Waals surface area contributed by atoms with E-state index in [1.165, 1.54) is 5.56 Å². The van der Waals surface area contributed by atoms with Crippen LogP contribution in [0.2, 0.25) is 5.02 Å². The first kappa shape index (κ1) is 21.8. The molecule has 1 fully saturated rings. The summed E-state index contributed by atoms with van der Waals surface area (Å²) in [5, 5.41) is 3.91. The average molecular weight is 440 g/mol. The van der Waals surface area contributed by atoms with Gasteiger partial charge in [0.1, 0.15) is 6.04 Å². The average Bonchev–Trinajstić information content (AvgIpc) is 3.19. The molecule has 6 heteroatoms. The summed E-state index contributed by atoms with van der Waals surface area (Å²) in [6.45, 7) is 5.51. The van der Waals surface area contributed by atoms with Crippen LogP contribution in [-0.4, -0.2) is 42.4 Å². The summed E-state index contributed by atoms with van der Waals surface area (Å²) in [7, 11) is 0. The van der Waals surface area contributed by atoms with Crippen LogP contribution in [0.5, 0.6) is 0 Å². The second kappa shape index (κ2) is 9.84. The van der Waals surface area contributed by atoms with Gasteiger partial charge in [-0.25, -0.2) is 0 Å². The fourth-order valence-corrected chi connectivity index (χ4v) is 4.76. The molecule has 31 heavy (non-hydrogen) atoms. The molecule has 5 nitrogen and oxygen atoms in total. The molecule has 0 aromatic heterocycles. The molecule has 0 spiro atoms. The zero-order valence-electron chi connectivity index (χ0n) is 18.0. The van der Waals surface area contributed by atoms with E-state index >= 15 is 0 Å². The van der Waals surface area contributed by atoms with Crippen molar-refractivity contribution in [2.75, 3.05) is 24.5 Å². The maximum Gasteiger partial charge on any atom is 0.243 e. The minimum atomic E-state index is -0.435. The lowest BCUT2D eigenvalue weighted by Crippen LogP contribution is -2.49. The predicted octanol–water partition coefficient (Wildman–Crippen LogP) is 4.04. The van der Waals surface area contributed by atoms with E-state index in [4.69, 9.17) is 11.6 Å². The number of benzene rings is 2. The highest BCUT2D eigenvalue weighted by Gasteiger charge is 2.37. The van der Waals surface area contributed by atoms with Crippen LogP contribution in [0, 0.1) is 5.92 Å². The number of hydrogen-bond acceptors (Lipinski definition) is 3. The largest absolute Gasteiger partial charge is 0.354 e. The summed E-state index contributed by atoms with van der Waals surface area (Å²) >= 11 is 5.97. The molecule has 2 amide bonds. The van der Waals surface area contributed by atoms with Crippen molar-refractivity contribution >= 4 is 29.1 Å². The minimum absolute atomic E-state index is 0.000563. The highest BCUT2D eigenvalue weighted by molar-refractivity contribution is 6.30. The SMILES string of the molecule is CCC(=O)N1c2ccccc2C[C@H]1C(=O)NCC1CCN(Cc2ccc(Cl)cc2)CC1. The normalized spacial score (nSPS) is 19.3. The van der Waals surface area contributed by atoms with Crippen molar-refractivity contribution in [2.45, 2.75) is 45.2 Å². The number of hydrogen-bond donors (Lipinski definition) is 1. The molecule has 1 N–H and O–H groups in total. The van der Waals surface area contributed by atoms with E-state index in [1.54, 1.807) is 4.90 Å². The van der Waals surface area contributed by atoms with E-state index < -0.39 is 6.04 Å². The number of halogens is 1. The lowest BCUT2D eigenvalue weighted by Gasteiger charge is -2.32. The summed E-state index contributed by atoms with van der Waals surface area (Å²) in [5.74, 6) is 0.437. The van der Waals surface area contributed by atoms with E-state index in [-0.39, 0.29) is 11.8 Å². The minimum Gasteiger partial charge on any atom is -0.354 e. The van der Waals surface area contributed by atoms with Crippen LogP contribution >= 0.6 is 11.6 Å². The molecule has 2 aliphatic heterocycles. The third-order valence-corrected chi connectivity index (χ3v) is 6.69. The van der Waals surface area contributed by atoms with Gasteiger partial charge in [0, 0.05) is 36.6 Å². The van der Waals surface area contributed by atoms with Gasteiger partial charge in [-0.15, -0.1) is 0 Å². The van der Waals surface area contributed by atoms with Crippen molar-refractivity contribution in [1.29, 1.82) is 0 Å². The van der Waals surface area contributed by atoms with Gasteiger partial charge >= 0.3 is 0 Å². The predicted molar refractivity (Wildman–Crippen MR) is 124 cm³/mol. The van der Waals surface area contributed by atoms with Gasteiger partial charge in [-0.3, -0.25) is 19.4 Å². The second-order valence-corrected chi connectivity index (χ2v) is 8.99. The Morgan fingerprint density at radius 1 is 1.06 bits per heavy atom. The third kappa shape index (κ3) is 5.10. The molecule has 2 heterocycles. The maximum atomic E-state index is 13.0. The second-order valence-electron chi connectivity index (χ2n) is 8.56. The number of fused-ring (bicyclic) bond motifs is 1. The van der Waals surface area contributed by atoms with Crippen molar-refractivity contribution in [3.63, 3.8) is 0 Å². The molecule has 0 saturated carbocycles. The van der Waals surface area contributed by atoms with Crippen molar-refractivity contribution in [3.8, 4) is 0 Å². The van der Waals surface area contributed by atoms with Crippen molar-refractivity contribution < 1.29 is 9.59 Å². The number of piperidine rings is 1. The fourth-order valence-electron chi connectivity index (χ4n) is 4.63. The summed E-state index contributed by atoms with van der Waals surface area (Å²) in [6.07, 6.45) is 3.12. The van der Waals surface area contributed by atoms with Crippen LogP contribution < -0.4 is 10.2 Å². The Labute approximate surface area is 189 Å². The molecule has 2 aromatic carbocycles. The lowest BCUT2D eigenvalue weighted by atomic mass is 9.96. The van der Waals surface area contributed by atoms with Gasteiger partial charge in [0.15, 0.2) is 0 Å². The summed E-state index contributed by atoms with van der Waals surface area (Å²) < 4.78 is 0. The number of nitrogens with zero attached hydrogens (tertiary/aromatic N) is 2. The summed E-state index contributed by atoms with van der Waals surface area (Å²) in [4.78, 5) is 29.7. The highest BCUT2D eigenvalue weighted by Crippen LogP contribution is 2.32. The molecular formula is C25H30ClN3O2. The Morgan fingerprint density at radius 2 is 1.77 bits per heavy atom. The van der Waals surface area contributed by atoms with Gasteiger partial charge in [0.2, 0.25) is 11.8 Å². The Hall–Kier alpha value is -2.37. The molecule has 2 aliphatic rings. The summed E-state index contributed by atoms with van der Waals surface area (Å²) in [5.41, 5.74) is 3.22. The number of amides is 2. The van der Waals surface area contributed by atoms with E-state index in [0.717, 1.165) is 48.7 Å². The van der Waals surface area contributed by atoms with Gasteiger partial charge in [-0.05, 0) is 61.2 Å². The number of carbonyl (C=O) groups excluding carboxylic acids is 2.